The van der Waals surface area contributed by atoms with Crippen LogP contribution in [0.4, 0.5) is 5.13 Å². The highest BCUT2D eigenvalue weighted by Crippen LogP contribution is 2.36. The van der Waals surface area contributed by atoms with E-state index in [1.807, 2.05) is 0 Å². The van der Waals surface area contributed by atoms with Crippen LogP contribution in [0.5, 0.6) is 11.5 Å². The molecule has 0 aliphatic heterocycles. The van der Waals surface area contributed by atoms with E-state index >= 15 is 0 Å². The first-order valence-corrected chi connectivity index (χ1v) is 8.99. The summed E-state index contributed by atoms with van der Waals surface area (Å²) in [6.45, 7) is 0. The average molecular weight is 351 g/mol. The van der Waals surface area contributed by atoms with Crippen LogP contribution in [-0.4, -0.2) is 36.1 Å². The number of hydrogen-bond acceptors (Lipinski definition) is 7. The maximum atomic E-state index is 12.3. The third-order valence-corrected chi connectivity index (χ3v) is 5.58. The van der Waals surface area contributed by atoms with Crippen molar-refractivity contribution < 1.29 is 14.3 Å². The fraction of sp³-hybridized carbons (Fsp3) is 0.400. The smallest absolute Gasteiger partial charge is 0.257 e. The highest BCUT2D eigenvalue weighted by atomic mass is 32.2. The highest BCUT2D eigenvalue weighted by molar-refractivity contribution is 8.01. The largest absolute Gasteiger partial charge is 0.497 e. The van der Waals surface area contributed by atoms with Crippen LogP contribution < -0.4 is 14.8 Å². The molecule has 122 valence electrons. The van der Waals surface area contributed by atoms with Gasteiger partial charge in [0.2, 0.25) is 5.13 Å². The standard InChI is InChI=1S/C15H17N3O3S2/c1-20-11-5-10(6-12(7-11)21-2)13(19)16-14-17-18-15(23-14)22-8-9-3-4-9/h5-7,9H,3-4,8H2,1-2H3,(H,16,17,19). The Morgan fingerprint density at radius 2 is 1.96 bits per heavy atom. The molecule has 0 atom stereocenters. The number of nitrogens with one attached hydrogen (secondary N) is 1. The molecule has 0 saturated heterocycles. The first kappa shape index (κ1) is 16.1. The van der Waals surface area contributed by atoms with Crippen molar-refractivity contribution in [2.45, 2.75) is 17.2 Å². The fourth-order valence-corrected chi connectivity index (χ4v) is 3.86. The third-order valence-electron chi connectivity index (χ3n) is 3.38. The topological polar surface area (TPSA) is 73.3 Å². The maximum Gasteiger partial charge on any atom is 0.257 e. The molecule has 0 spiro atoms. The van der Waals surface area contributed by atoms with Crippen LogP contribution in [0.25, 0.3) is 0 Å². The summed E-state index contributed by atoms with van der Waals surface area (Å²) in [5.41, 5.74) is 0.448. The zero-order valence-electron chi connectivity index (χ0n) is 12.9. The molecule has 8 heteroatoms. The second-order valence-corrected chi connectivity index (χ2v) is 7.43. The molecule has 0 radical (unpaired) electrons. The van der Waals surface area contributed by atoms with Gasteiger partial charge in [0.25, 0.3) is 5.91 Å². The van der Waals surface area contributed by atoms with Crippen LogP contribution in [-0.2, 0) is 0 Å². The lowest BCUT2D eigenvalue weighted by Gasteiger charge is -2.07. The number of methoxy groups -OCH3 is 2. The molecule has 2 aromatic rings. The second-order valence-electron chi connectivity index (χ2n) is 5.18. The van der Waals surface area contributed by atoms with E-state index in [1.54, 1.807) is 44.2 Å². The number of thioether (sulfide) groups is 1. The number of hydrogen-bond donors (Lipinski definition) is 1. The number of aromatic nitrogens is 2. The third kappa shape index (κ3) is 4.35. The van der Waals surface area contributed by atoms with Gasteiger partial charge in [0.15, 0.2) is 4.34 Å². The number of benzene rings is 1. The Hall–Kier alpha value is -1.80. The summed E-state index contributed by atoms with van der Waals surface area (Å²) in [6.07, 6.45) is 2.63. The second kappa shape index (κ2) is 7.18. The van der Waals surface area contributed by atoms with Crippen LogP contribution in [0, 0.1) is 5.92 Å². The van der Waals surface area contributed by atoms with E-state index in [1.165, 1.54) is 24.2 Å². The number of anilines is 1. The minimum Gasteiger partial charge on any atom is -0.497 e. The predicted octanol–water partition coefficient (Wildman–Crippen LogP) is 3.31. The highest BCUT2D eigenvalue weighted by Gasteiger charge is 2.22. The van der Waals surface area contributed by atoms with E-state index in [0.717, 1.165) is 16.0 Å². The van der Waals surface area contributed by atoms with Crippen LogP contribution in [0.1, 0.15) is 23.2 Å². The Balaban J connectivity index is 1.66. The fourth-order valence-electron chi connectivity index (χ4n) is 1.90. The SMILES string of the molecule is COc1cc(OC)cc(C(=O)Nc2nnc(SCC3CC3)s2)c1. The Labute approximate surface area is 142 Å². The Morgan fingerprint density at radius 3 is 2.57 bits per heavy atom. The first-order chi connectivity index (χ1) is 11.2. The van der Waals surface area contributed by atoms with Crippen molar-refractivity contribution >= 4 is 34.1 Å². The molecule has 1 heterocycles. The molecule has 6 nitrogen and oxygen atoms in total. The van der Waals surface area contributed by atoms with Crippen molar-refractivity contribution in [1.29, 1.82) is 0 Å². The van der Waals surface area contributed by atoms with Gasteiger partial charge in [-0.05, 0) is 30.9 Å². The summed E-state index contributed by atoms with van der Waals surface area (Å²) in [5.74, 6) is 2.76. The van der Waals surface area contributed by atoms with E-state index < -0.39 is 0 Å². The molecule has 1 aromatic carbocycles. The van der Waals surface area contributed by atoms with Gasteiger partial charge in [-0.15, -0.1) is 10.2 Å². The minimum absolute atomic E-state index is 0.267. The Morgan fingerprint density at radius 1 is 1.26 bits per heavy atom. The molecule has 1 aliphatic carbocycles. The number of carbonyl (C=O) groups is 1. The van der Waals surface area contributed by atoms with Gasteiger partial charge in [0.05, 0.1) is 14.2 Å². The van der Waals surface area contributed by atoms with Gasteiger partial charge in [0, 0.05) is 17.4 Å². The van der Waals surface area contributed by atoms with E-state index in [2.05, 4.69) is 15.5 Å². The molecule has 3 rings (SSSR count). The van der Waals surface area contributed by atoms with Gasteiger partial charge in [-0.25, -0.2) is 0 Å². The Bertz CT molecular complexity index is 679. The van der Waals surface area contributed by atoms with Gasteiger partial charge in [-0.1, -0.05) is 23.1 Å². The minimum atomic E-state index is -0.267. The van der Waals surface area contributed by atoms with Gasteiger partial charge in [0.1, 0.15) is 11.5 Å². The molecular weight excluding hydrogens is 334 g/mol. The molecule has 23 heavy (non-hydrogen) atoms. The van der Waals surface area contributed by atoms with Crippen LogP contribution in [0.2, 0.25) is 0 Å². The lowest BCUT2D eigenvalue weighted by molar-refractivity contribution is 0.102. The molecule has 0 unspecified atom stereocenters. The summed E-state index contributed by atoms with van der Waals surface area (Å²) < 4.78 is 11.2. The number of ether oxygens (including phenoxy) is 2. The zero-order chi connectivity index (χ0) is 16.2. The van der Waals surface area contributed by atoms with Crippen molar-refractivity contribution in [3.63, 3.8) is 0 Å². The number of carbonyl (C=O) groups excluding carboxylic acids is 1. The zero-order valence-corrected chi connectivity index (χ0v) is 14.5. The normalized spacial score (nSPS) is 13.7. The van der Waals surface area contributed by atoms with Crippen molar-refractivity contribution in [3.8, 4) is 11.5 Å². The molecule has 1 amide bonds. The predicted molar refractivity (Wildman–Crippen MR) is 90.9 cm³/mol. The number of nitrogens with zero attached hydrogens (tertiary/aromatic N) is 2. The molecule has 1 N–H and O–H groups in total. The summed E-state index contributed by atoms with van der Waals surface area (Å²) in [6, 6.07) is 5.03. The lowest BCUT2D eigenvalue weighted by atomic mass is 10.2. The van der Waals surface area contributed by atoms with Crippen molar-refractivity contribution in [3.05, 3.63) is 23.8 Å². The number of rotatable bonds is 7. The van der Waals surface area contributed by atoms with Crippen LogP contribution in [0.3, 0.4) is 0 Å². The van der Waals surface area contributed by atoms with E-state index in [9.17, 15) is 4.79 Å². The quantitative estimate of drug-likeness (QED) is 0.609. The van der Waals surface area contributed by atoms with Gasteiger partial charge >= 0.3 is 0 Å². The van der Waals surface area contributed by atoms with Crippen molar-refractivity contribution in [2.75, 3.05) is 25.3 Å². The van der Waals surface area contributed by atoms with Gasteiger partial charge < -0.3 is 9.47 Å². The molecule has 1 aliphatic rings. The van der Waals surface area contributed by atoms with Crippen LogP contribution >= 0.6 is 23.1 Å². The monoisotopic (exact) mass is 351 g/mol. The molecule has 1 aromatic heterocycles. The van der Waals surface area contributed by atoms with Gasteiger partial charge in [-0.2, -0.15) is 0 Å². The first-order valence-electron chi connectivity index (χ1n) is 7.18. The van der Waals surface area contributed by atoms with E-state index in [4.69, 9.17) is 9.47 Å². The molecular formula is C15H17N3O3S2. The maximum absolute atomic E-state index is 12.3. The van der Waals surface area contributed by atoms with Crippen LogP contribution in [0.15, 0.2) is 22.5 Å². The van der Waals surface area contributed by atoms with E-state index in [0.29, 0.717) is 22.2 Å². The summed E-state index contributed by atoms with van der Waals surface area (Å²) >= 11 is 3.09. The lowest BCUT2D eigenvalue weighted by Crippen LogP contribution is -2.12. The molecule has 1 fully saturated rings. The summed E-state index contributed by atoms with van der Waals surface area (Å²) in [5, 5.41) is 11.4. The summed E-state index contributed by atoms with van der Waals surface area (Å²) in [7, 11) is 3.09. The molecule has 1 saturated carbocycles. The van der Waals surface area contributed by atoms with Gasteiger partial charge in [-0.3, -0.25) is 10.1 Å². The molecule has 0 bridgehead atoms. The summed E-state index contributed by atoms with van der Waals surface area (Å²) in [4.78, 5) is 12.3. The van der Waals surface area contributed by atoms with E-state index in [-0.39, 0.29) is 5.91 Å². The van der Waals surface area contributed by atoms with Crippen molar-refractivity contribution in [2.24, 2.45) is 5.92 Å². The average Bonchev–Trinajstić information content (AvgIpc) is 3.31. The Kier molecular flexibility index (Phi) is 5.02. The van der Waals surface area contributed by atoms with Crippen molar-refractivity contribution in [1.82, 2.24) is 10.2 Å². The number of amides is 1.